The molecule has 2 aromatic rings. The van der Waals surface area contributed by atoms with Crippen molar-refractivity contribution >= 4 is 22.8 Å². The minimum absolute atomic E-state index is 0.455. The first-order chi connectivity index (χ1) is 7.94. The van der Waals surface area contributed by atoms with Gasteiger partial charge in [-0.25, -0.2) is 4.79 Å². The molecule has 0 radical (unpaired) electrons. The van der Waals surface area contributed by atoms with E-state index in [9.17, 15) is 4.79 Å². The zero-order chi connectivity index (χ0) is 12.5. The lowest BCUT2D eigenvalue weighted by molar-refractivity contribution is 0.0635. The van der Waals surface area contributed by atoms with Crippen LogP contribution in [0.5, 0.6) is 0 Å². The number of carbonyl (C=O) groups excluding carboxylic acids is 1. The topological polar surface area (TPSA) is 54.1 Å². The van der Waals surface area contributed by atoms with E-state index in [2.05, 4.69) is 10.3 Å². The largest absolute Gasteiger partial charge is 0.444 e. The molecule has 0 saturated heterocycles. The Balaban J connectivity index is 2.11. The summed E-state index contributed by atoms with van der Waals surface area (Å²) in [5, 5.41) is 3.73. The van der Waals surface area contributed by atoms with Crippen LogP contribution in [0.15, 0.2) is 30.3 Å². The average molecular weight is 232 g/mol. The zero-order valence-corrected chi connectivity index (χ0v) is 10.2. The first-order valence-electron chi connectivity index (χ1n) is 5.52. The van der Waals surface area contributed by atoms with Crippen molar-refractivity contribution in [1.82, 2.24) is 4.98 Å². The molecule has 4 nitrogen and oxygen atoms in total. The smallest absolute Gasteiger partial charge is 0.413 e. The number of anilines is 1. The number of benzene rings is 1. The molecule has 17 heavy (non-hydrogen) atoms. The normalized spacial score (nSPS) is 11.5. The molecule has 4 heteroatoms. The van der Waals surface area contributed by atoms with E-state index in [0.717, 1.165) is 10.9 Å². The summed E-state index contributed by atoms with van der Waals surface area (Å²) in [4.78, 5) is 14.7. The molecule has 0 aliphatic carbocycles. The van der Waals surface area contributed by atoms with E-state index in [-0.39, 0.29) is 0 Å². The Kier molecular flexibility index (Phi) is 2.79. The van der Waals surface area contributed by atoms with E-state index in [0.29, 0.717) is 5.82 Å². The molecule has 0 atom stereocenters. The van der Waals surface area contributed by atoms with E-state index in [1.165, 1.54) is 0 Å². The Morgan fingerprint density at radius 2 is 2.00 bits per heavy atom. The molecule has 0 fully saturated rings. The second kappa shape index (κ2) is 4.13. The van der Waals surface area contributed by atoms with Crippen LogP contribution in [0.1, 0.15) is 20.8 Å². The van der Waals surface area contributed by atoms with Crippen molar-refractivity contribution in [3.63, 3.8) is 0 Å². The van der Waals surface area contributed by atoms with Crippen molar-refractivity contribution in [2.24, 2.45) is 0 Å². The number of rotatable bonds is 1. The van der Waals surface area contributed by atoms with Gasteiger partial charge in [-0.3, -0.25) is 5.32 Å². The van der Waals surface area contributed by atoms with Crippen LogP contribution in [-0.4, -0.2) is 16.7 Å². The first kappa shape index (κ1) is 11.5. The third-order valence-corrected chi connectivity index (χ3v) is 2.17. The first-order valence-corrected chi connectivity index (χ1v) is 5.52. The lowest BCUT2D eigenvalue weighted by Crippen LogP contribution is -2.27. The van der Waals surface area contributed by atoms with Gasteiger partial charge in [0.1, 0.15) is 11.4 Å². The van der Waals surface area contributed by atoms with Gasteiger partial charge in [-0.05, 0) is 32.9 Å². The van der Waals surface area contributed by atoms with Gasteiger partial charge in [0.2, 0.25) is 0 Å². The van der Waals surface area contributed by atoms with Crippen molar-refractivity contribution < 1.29 is 9.53 Å². The van der Waals surface area contributed by atoms with Crippen LogP contribution >= 0.6 is 0 Å². The zero-order valence-electron chi connectivity index (χ0n) is 10.2. The molecule has 0 aliphatic heterocycles. The summed E-state index contributed by atoms with van der Waals surface area (Å²) in [5.74, 6) is 0.639. The monoisotopic (exact) mass is 232 g/mol. The summed E-state index contributed by atoms with van der Waals surface area (Å²) in [6.07, 6.45) is -0.455. The Morgan fingerprint density at radius 1 is 1.29 bits per heavy atom. The number of carbonyl (C=O) groups is 1. The van der Waals surface area contributed by atoms with Crippen LogP contribution in [0.2, 0.25) is 0 Å². The fraction of sp³-hybridized carbons (Fsp3) is 0.308. The van der Waals surface area contributed by atoms with Gasteiger partial charge in [0.05, 0.1) is 0 Å². The molecule has 0 unspecified atom stereocenters. The van der Waals surface area contributed by atoms with Gasteiger partial charge in [0, 0.05) is 10.9 Å². The molecule has 0 spiro atoms. The number of hydrogen-bond donors (Lipinski definition) is 2. The number of aromatic nitrogens is 1. The number of para-hydroxylation sites is 1. The van der Waals surface area contributed by atoms with Gasteiger partial charge >= 0.3 is 6.09 Å². The van der Waals surface area contributed by atoms with Gasteiger partial charge in [-0.15, -0.1) is 0 Å². The summed E-state index contributed by atoms with van der Waals surface area (Å²) >= 11 is 0. The highest BCUT2D eigenvalue weighted by atomic mass is 16.6. The minimum Gasteiger partial charge on any atom is -0.444 e. The molecular weight excluding hydrogens is 216 g/mol. The maximum absolute atomic E-state index is 11.6. The van der Waals surface area contributed by atoms with E-state index in [1.54, 1.807) is 0 Å². The number of fused-ring (bicyclic) bond motifs is 1. The van der Waals surface area contributed by atoms with Gasteiger partial charge in [-0.2, -0.15) is 0 Å². The standard InChI is InChI=1S/C13H16N2O2/c1-13(2,3)17-12(16)15-11-8-9-6-4-5-7-10(9)14-11/h4-8,14H,1-3H3,(H,15,16). The molecule has 1 aromatic carbocycles. The maximum atomic E-state index is 11.6. The van der Waals surface area contributed by atoms with Crippen LogP contribution in [0.3, 0.4) is 0 Å². The van der Waals surface area contributed by atoms with Gasteiger partial charge in [0.15, 0.2) is 0 Å². The lowest BCUT2D eigenvalue weighted by Gasteiger charge is -2.19. The summed E-state index contributed by atoms with van der Waals surface area (Å²) in [6, 6.07) is 9.70. The third-order valence-electron chi connectivity index (χ3n) is 2.17. The summed E-state index contributed by atoms with van der Waals surface area (Å²) in [7, 11) is 0. The van der Waals surface area contributed by atoms with Crippen LogP contribution in [0.4, 0.5) is 10.6 Å². The van der Waals surface area contributed by atoms with E-state index < -0.39 is 11.7 Å². The molecule has 1 heterocycles. The van der Waals surface area contributed by atoms with Crippen molar-refractivity contribution in [2.45, 2.75) is 26.4 Å². The minimum atomic E-state index is -0.490. The molecule has 0 aliphatic rings. The Labute approximate surface area is 100.0 Å². The summed E-state index contributed by atoms with van der Waals surface area (Å²) in [6.45, 7) is 5.49. The molecule has 1 amide bonds. The highest BCUT2D eigenvalue weighted by Gasteiger charge is 2.16. The maximum Gasteiger partial charge on any atom is 0.413 e. The van der Waals surface area contributed by atoms with Crippen molar-refractivity contribution in [1.29, 1.82) is 0 Å². The number of nitrogens with one attached hydrogen (secondary N) is 2. The Morgan fingerprint density at radius 3 is 2.65 bits per heavy atom. The number of H-pyrrole nitrogens is 1. The molecule has 0 saturated carbocycles. The van der Waals surface area contributed by atoms with Gasteiger partial charge < -0.3 is 9.72 Å². The Bertz CT molecular complexity index is 505. The van der Waals surface area contributed by atoms with Crippen LogP contribution in [-0.2, 0) is 4.74 Å². The highest BCUT2D eigenvalue weighted by molar-refractivity contribution is 5.90. The van der Waals surface area contributed by atoms with Crippen LogP contribution in [0.25, 0.3) is 10.9 Å². The summed E-state index contributed by atoms with van der Waals surface area (Å²) < 4.78 is 5.17. The fourth-order valence-corrected chi connectivity index (χ4v) is 1.55. The predicted molar refractivity (Wildman–Crippen MR) is 68.2 cm³/mol. The van der Waals surface area contributed by atoms with Gasteiger partial charge in [0.25, 0.3) is 0 Å². The molecule has 2 rings (SSSR count). The summed E-state index contributed by atoms with van der Waals surface area (Å²) in [5.41, 5.74) is 0.495. The predicted octanol–water partition coefficient (Wildman–Crippen LogP) is 3.51. The molecule has 90 valence electrons. The second-order valence-corrected chi connectivity index (χ2v) is 4.90. The average Bonchev–Trinajstić information content (AvgIpc) is 2.55. The number of amides is 1. The van der Waals surface area contributed by atoms with Crippen molar-refractivity contribution in [3.05, 3.63) is 30.3 Å². The molecule has 2 N–H and O–H groups in total. The van der Waals surface area contributed by atoms with E-state index in [4.69, 9.17) is 4.74 Å². The quantitative estimate of drug-likeness (QED) is 0.790. The lowest BCUT2D eigenvalue weighted by atomic mass is 10.2. The number of ether oxygens (including phenoxy) is 1. The fourth-order valence-electron chi connectivity index (χ4n) is 1.55. The second-order valence-electron chi connectivity index (χ2n) is 4.90. The van der Waals surface area contributed by atoms with Crippen molar-refractivity contribution in [2.75, 3.05) is 5.32 Å². The molecule has 0 bridgehead atoms. The van der Waals surface area contributed by atoms with E-state index >= 15 is 0 Å². The van der Waals surface area contributed by atoms with Crippen LogP contribution in [0, 0.1) is 0 Å². The van der Waals surface area contributed by atoms with Crippen LogP contribution < -0.4 is 5.32 Å². The highest BCUT2D eigenvalue weighted by Crippen LogP contribution is 2.18. The Hall–Kier alpha value is -1.97. The molecular formula is C13H16N2O2. The number of hydrogen-bond acceptors (Lipinski definition) is 2. The van der Waals surface area contributed by atoms with Gasteiger partial charge in [-0.1, -0.05) is 18.2 Å². The van der Waals surface area contributed by atoms with E-state index in [1.807, 2.05) is 51.1 Å². The van der Waals surface area contributed by atoms with Crippen molar-refractivity contribution in [3.8, 4) is 0 Å². The molecule has 1 aromatic heterocycles. The number of aromatic amines is 1. The SMILES string of the molecule is CC(C)(C)OC(=O)Nc1cc2ccccc2[nH]1. The third kappa shape index (κ3) is 3.00.